The van der Waals surface area contributed by atoms with E-state index >= 15 is 0 Å². The number of fused-ring (bicyclic) bond motifs is 3. The summed E-state index contributed by atoms with van der Waals surface area (Å²) in [6, 6.07) is 12.0. The first-order chi connectivity index (χ1) is 14.3. The van der Waals surface area contributed by atoms with Crippen molar-refractivity contribution in [3.05, 3.63) is 58.7 Å². The van der Waals surface area contributed by atoms with E-state index in [0.29, 0.717) is 30.4 Å². The number of hydrogen-bond donors (Lipinski definition) is 2. The van der Waals surface area contributed by atoms with Gasteiger partial charge in [-0.25, -0.2) is 0 Å². The predicted octanol–water partition coefficient (Wildman–Crippen LogP) is 6.47. The molecule has 2 aromatic carbocycles. The van der Waals surface area contributed by atoms with E-state index in [9.17, 15) is 19.8 Å². The van der Waals surface area contributed by atoms with Crippen LogP contribution in [0.4, 0.5) is 0 Å². The number of aliphatic carboxylic acids is 2. The van der Waals surface area contributed by atoms with Gasteiger partial charge < -0.3 is 10.2 Å². The highest BCUT2D eigenvalue weighted by Crippen LogP contribution is 2.47. The highest BCUT2D eigenvalue weighted by Gasteiger charge is 2.37. The minimum absolute atomic E-state index is 0.203. The van der Waals surface area contributed by atoms with Crippen LogP contribution in [0.2, 0.25) is 0 Å². The van der Waals surface area contributed by atoms with Crippen LogP contribution in [0.1, 0.15) is 88.5 Å². The molecular weight excluding hydrogens is 388 g/mol. The van der Waals surface area contributed by atoms with Crippen molar-refractivity contribution in [2.45, 2.75) is 72.6 Å². The molecule has 0 saturated heterocycles. The summed E-state index contributed by atoms with van der Waals surface area (Å²) in [4.78, 5) is 24.9. The van der Waals surface area contributed by atoms with Gasteiger partial charge in [0.05, 0.1) is 11.8 Å². The molecule has 2 unspecified atom stereocenters. The highest BCUT2D eigenvalue weighted by molar-refractivity contribution is 5.86. The van der Waals surface area contributed by atoms with Gasteiger partial charge in [0.15, 0.2) is 0 Å². The molecule has 1 aliphatic carbocycles. The SMILES string of the molecule is CC(C)(C)CC(C(=O)O)c1ccc2c(c1C(CC(C)(C)C)C(=O)O)Cc1ccccc1-2. The molecule has 2 N–H and O–H groups in total. The first-order valence-electron chi connectivity index (χ1n) is 11.0. The lowest BCUT2D eigenvalue weighted by atomic mass is 9.73. The lowest BCUT2D eigenvalue weighted by Gasteiger charge is -2.30. The Balaban J connectivity index is 2.28. The maximum Gasteiger partial charge on any atom is 0.311 e. The van der Waals surface area contributed by atoms with E-state index in [1.807, 2.05) is 65.8 Å². The van der Waals surface area contributed by atoms with Crippen LogP contribution in [0.5, 0.6) is 0 Å². The lowest BCUT2D eigenvalue weighted by Crippen LogP contribution is -2.26. The predicted molar refractivity (Wildman–Crippen MR) is 124 cm³/mol. The summed E-state index contributed by atoms with van der Waals surface area (Å²) >= 11 is 0. The van der Waals surface area contributed by atoms with E-state index in [4.69, 9.17) is 0 Å². The van der Waals surface area contributed by atoms with Gasteiger partial charge in [0.2, 0.25) is 0 Å². The average Bonchev–Trinajstić information content (AvgIpc) is 3.00. The molecule has 2 atom stereocenters. The Morgan fingerprint density at radius 2 is 1.35 bits per heavy atom. The molecule has 0 heterocycles. The standard InChI is InChI=1S/C27H34O4/c1-26(2,3)14-21(24(28)29)19-12-11-18-17-10-8-7-9-16(17)13-20(18)23(19)22(25(30)31)15-27(4,5)6/h7-12,21-22H,13-15H2,1-6H3,(H,28,29)(H,30,31). The summed E-state index contributed by atoms with van der Waals surface area (Å²) in [6.07, 6.45) is 1.54. The number of carboxylic acids is 2. The molecule has 0 fully saturated rings. The van der Waals surface area contributed by atoms with Crippen molar-refractivity contribution in [3.8, 4) is 11.1 Å². The van der Waals surface area contributed by atoms with Crippen LogP contribution in [0, 0.1) is 10.8 Å². The van der Waals surface area contributed by atoms with Crippen LogP contribution in [0.25, 0.3) is 11.1 Å². The summed E-state index contributed by atoms with van der Waals surface area (Å²) in [6.45, 7) is 12.2. The van der Waals surface area contributed by atoms with Crippen LogP contribution in [-0.2, 0) is 16.0 Å². The monoisotopic (exact) mass is 422 g/mol. The largest absolute Gasteiger partial charge is 0.481 e. The van der Waals surface area contributed by atoms with Crippen LogP contribution in [0.3, 0.4) is 0 Å². The molecule has 1 aliphatic rings. The number of carboxylic acid groups (broad SMARTS) is 2. The van der Waals surface area contributed by atoms with Crippen LogP contribution in [-0.4, -0.2) is 22.2 Å². The van der Waals surface area contributed by atoms with Gasteiger partial charge in [-0.05, 0) is 63.5 Å². The third-order valence-corrected chi connectivity index (χ3v) is 6.02. The Labute approximate surface area is 185 Å². The van der Waals surface area contributed by atoms with E-state index < -0.39 is 23.8 Å². The maximum absolute atomic E-state index is 12.5. The Kier molecular flexibility index (Phi) is 6.05. The van der Waals surface area contributed by atoms with Crippen molar-refractivity contribution >= 4 is 11.9 Å². The van der Waals surface area contributed by atoms with Crippen LogP contribution >= 0.6 is 0 Å². The molecule has 4 heteroatoms. The topological polar surface area (TPSA) is 74.6 Å². The zero-order chi connectivity index (χ0) is 23.1. The van der Waals surface area contributed by atoms with Crippen LogP contribution < -0.4 is 0 Å². The molecule has 3 rings (SSSR count). The Morgan fingerprint density at radius 3 is 1.90 bits per heavy atom. The summed E-state index contributed by atoms with van der Waals surface area (Å²) in [5.41, 5.74) is 5.26. The molecule has 166 valence electrons. The second-order valence-corrected chi connectivity index (χ2v) is 11.2. The molecule has 4 nitrogen and oxygen atoms in total. The van der Waals surface area contributed by atoms with E-state index in [2.05, 4.69) is 12.1 Å². The third-order valence-electron chi connectivity index (χ3n) is 6.02. The first kappa shape index (κ1) is 23.1. The number of carbonyl (C=O) groups is 2. The van der Waals surface area contributed by atoms with Crippen molar-refractivity contribution in [2.24, 2.45) is 10.8 Å². The molecule has 0 bridgehead atoms. The summed E-state index contributed by atoms with van der Waals surface area (Å²) in [5, 5.41) is 20.4. The van der Waals surface area contributed by atoms with Gasteiger partial charge in [0, 0.05) is 0 Å². The normalized spacial score (nSPS) is 15.2. The zero-order valence-electron chi connectivity index (χ0n) is 19.5. The lowest BCUT2D eigenvalue weighted by molar-refractivity contribution is -0.141. The minimum Gasteiger partial charge on any atom is -0.481 e. The third kappa shape index (κ3) is 5.00. The molecular formula is C27H34O4. The van der Waals surface area contributed by atoms with Gasteiger partial charge in [-0.15, -0.1) is 0 Å². The molecule has 0 amide bonds. The van der Waals surface area contributed by atoms with Gasteiger partial charge in [0.25, 0.3) is 0 Å². The van der Waals surface area contributed by atoms with Gasteiger partial charge >= 0.3 is 11.9 Å². The smallest absolute Gasteiger partial charge is 0.311 e. The Hall–Kier alpha value is -2.62. The van der Waals surface area contributed by atoms with E-state index in [1.54, 1.807) is 0 Å². The van der Waals surface area contributed by atoms with Crippen molar-refractivity contribution in [2.75, 3.05) is 0 Å². The molecule has 0 aliphatic heterocycles. The summed E-state index contributed by atoms with van der Waals surface area (Å²) in [5.74, 6) is -3.28. The van der Waals surface area contributed by atoms with Gasteiger partial charge in [-0.1, -0.05) is 77.9 Å². The molecule has 2 aromatic rings. The number of benzene rings is 2. The fraction of sp³-hybridized carbons (Fsp3) is 0.481. The van der Waals surface area contributed by atoms with Gasteiger partial charge in [-0.3, -0.25) is 9.59 Å². The van der Waals surface area contributed by atoms with Crippen molar-refractivity contribution in [1.29, 1.82) is 0 Å². The quantitative estimate of drug-likeness (QED) is 0.477. The second kappa shape index (κ2) is 8.14. The Bertz CT molecular complexity index is 1000. The molecule has 31 heavy (non-hydrogen) atoms. The number of rotatable bonds is 6. The van der Waals surface area contributed by atoms with Crippen LogP contribution in [0.15, 0.2) is 36.4 Å². The second-order valence-electron chi connectivity index (χ2n) is 11.2. The van der Waals surface area contributed by atoms with Crippen molar-refractivity contribution < 1.29 is 19.8 Å². The Morgan fingerprint density at radius 1 is 0.806 bits per heavy atom. The highest BCUT2D eigenvalue weighted by atomic mass is 16.4. The zero-order valence-corrected chi connectivity index (χ0v) is 19.5. The fourth-order valence-electron chi connectivity index (χ4n) is 4.84. The first-order valence-corrected chi connectivity index (χ1v) is 11.0. The minimum atomic E-state index is -0.897. The van der Waals surface area contributed by atoms with Crippen molar-refractivity contribution in [1.82, 2.24) is 0 Å². The maximum atomic E-state index is 12.5. The van der Waals surface area contributed by atoms with E-state index in [-0.39, 0.29) is 10.8 Å². The molecule has 0 radical (unpaired) electrons. The summed E-state index contributed by atoms with van der Waals surface area (Å²) < 4.78 is 0. The van der Waals surface area contributed by atoms with E-state index in [1.165, 1.54) is 5.56 Å². The number of hydrogen-bond acceptors (Lipinski definition) is 2. The average molecular weight is 423 g/mol. The van der Waals surface area contributed by atoms with Gasteiger partial charge in [-0.2, -0.15) is 0 Å². The van der Waals surface area contributed by atoms with E-state index in [0.717, 1.165) is 16.7 Å². The molecule has 0 saturated carbocycles. The van der Waals surface area contributed by atoms with Gasteiger partial charge in [0.1, 0.15) is 0 Å². The molecule has 0 spiro atoms. The van der Waals surface area contributed by atoms with Crippen molar-refractivity contribution in [3.63, 3.8) is 0 Å². The summed E-state index contributed by atoms with van der Waals surface area (Å²) in [7, 11) is 0. The molecule has 0 aromatic heterocycles. The fourth-order valence-corrected chi connectivity index (χ4v) is 4.84.